The molecule has 11 rings (SSSR count). The van der Waals surface area contributed by atoms with Crippen LogP contribution in [-0.4, -0.2) is 29.1 Å². The smallest absolute Gasteiger partial charge is 0.164 e. The first-order valence-corrected chi connectivity index (χ1v) is 25.4. The Labute approximate surface area is 424 Å². The predicted molar refractivity (Wildman–Crippen MR) is 303 cm³/mol. The zero-order valence-electron chi connectivity index (χ0n) is 43.8. The molecule has 0 amide bonds. The van der Waals surface area contributed by atoms with Crippen molar-refractivity contribution in [2.24, 2.45) is 0 Å². The molecule has 0 bridgehead atoms. The maximum Gasteiger partial charge on any atom is 0.164 e. The Morgan fingerprint density at radius 2 is 0.708 bits per heavy atom. The topological polar surface area (TPSA) is 61.4 Å². The van der Waals surface area contributed by atoms with Gasteiger partial charge in [0.1, 0.15) is 0 Å². The molecule has 6 heteroatoms. The number of pyridine rings is 1. The van der Waals surface area contributed by atoms with E-state index in [1.54, 1.807) is 0 Å². The lowest BCUT2D eigenvalue weighted by molar-refractivity contribution is 0.590. The summed E-state index contributed by atoms with van der Waals surface area (Å²) in [6.45, 7) is 27.5. The molecular weight excluding hydrogens is 877 g/mol. The summed E-state index contributed by atoms with van der Waals surface area (Å²) in [7, 11) is 0. The molecule has 0 aliphatic heterocycles. The van der Waals surface area contributed by atoms with Crippen LogP contribution in [0.2, 0.25) is 0 Å². The van der Waals surface area contributed by atoms with E-state index in [2.05, 4.69) is 220 Å². The average molecular weight is 941 g/mol. The quantitative estimate of drug-likeness (QED) is 0.167. The van der Waals surface area contributed by atoms with Gasteiger partial charge in [0.2, 0.25) is 0 Å². The molecule has 11 aromatic rings. The zero-order chi connectivity index (χ0) is 50.5. The summed E-state index contributed by atoms with van der Waals surface area (Å²) in [5.74, 6) is 1.82. The van der Waals surface area contributed by atoms with E-state index in [1.807, 2.05) is 42.6 Å². The minimum Gasteiger partial charge on any atom is -0.309 e. The molecular formula is C66H64N6. The summed E-state index contributed by atoms with van der Waals surface area (Å²) < 4.78 is 4.86. The van der Waals surface area contributed by atoms with Gasteiger partial charge in [-0.2, -0.15) is 0 Å². The lowest BCUT2D eigenvalue weighted by Crippen LogP contribution is -2.10. The van der Waals surface area contributed by atoms with E-state index in [4.69, 9.17) is 19.9 Å². The SMILES string of the molecule is CC(C)(C)c1ccc2c(c1)c1cc(C(C)(C)C)ccc1n2-c1ccnc(-c2cc(-c3nc(-c4ccccc4)nc(-c4ccccc4)n3)ccc2-n2c3ccc(C(C)(C)C)cc3c3cc(C(C)(C)C)ccc32)c1. The molecule has 0 saturated heterocycles. The van der Waals surface area contributed by atoms with Crippen molar-refractivity contribution in [1.29, 1.82) is 0 Å². The minimum atomic E-state index is -0.0292. The molecule has 0 aliphatic carbocycles. The standard InChI is InChI=1S/C66H64N6/c1-63(2,3)44-24-29-55-49(36-44)50-37-45(64(4,5)6)25-30-56(50)71(55)48-33-34-67-54(40-48)53-35-43(62-69-60(41-19-15-13-16-20-41)68-61(70-62)42-21-17-14-18-22-42)23-28-59(53)72-57-31-26-46(65(7,8)9)38-51(57)52-39-47(66(10,11)12)27-32-58(52)72/h13-40H,1-12H3. The number of aromatic nitrogens is 6. The van der Waals surface area contributed by atoms with Crippen LogP contribution in [0.3, 0.4) is 0 Å². The van der Waals surface area contributed by atoms with Gasteiger partial charge in [-0.3, -0.25) is 4.98 Å². The molecule has 358 valence electrons. The van der Waals surface area contributed by atoms with E-state index in [1.165, 1.54) is 43.8 Å². The van der Waals surface area contributed by atoms with Crippen LogP contribution in [0.1, 0.15) is 105 Å². The summed E-state index contributed by atoms with van der Waals surface area (Å²) in [4.78, 5) is 20.7. The fraction of sp³-hybridized carbons (Fsp3) is 0.242. The van der Waals surface area contributed by atoms with Crippen molar-refractivity contribution in [3.8, 4) is 56.8 Å². The normalized spacial score (nSPS) is 12.7. The first-order chi connectivity index (χ1) is 34.2. The molecule has 0 unspecified atom stereocenters. The molecule has 7 aromatic carbocycles. The molecule has 0 fully saturated rings. The Morgan fingerprint density at radius 1 is 0.333 bits per heavy atom. The summed E-state index contributed by atoms with van der Waals surface area (Å²) in [6.07, 6.45) is 1.97. The second-order valence-corrected chi connectivity index (χ2v) is 23.8. The third kappa shape index (κ3) is 8.36. The third-order valence-electron chi connectivity index (χ3n) is 14.5. The van der Waals surface area contributed by atoms with Gasteiger partial charge in [-0.05, 0) is 123 Å². The fourth-order valence-corrected chi connectivity index (χ4v) is 10.2. The van der Waals surface area contributed by atoms with E-state index in [0.717, 1.165) is 61.4 Å². The highest BCUT2D eigenvalue weighted by Gasteiger charge is 2.25. The molecule has 0 radical (unpaired) electrons. The largest absolute Gasteiger partial charge is 0.309 e. The van der Waals surface area contributed by atoms with Gasteiger partial charge >= 0.3 is 0 Å². The third-order valence-corrected chi connectivity index (χ3v) is 14.5. The summed E-state index contributed by atoms with van der Waals surface area (Å²) >= 11 is 0. The second-order valence-electron chi connectivity index (χ2n) is 23.8. The molecule has 0 saturated carbocycles. The Hall–Kier alpha value is -7.70. The Balaban J connectivity index is 1.20. The van der Waals surface area contributed by atoms with Crippen LogP contribution in [-0.2, 0) is 21.7 Å². The Kier molecular flexibility index (Phi) is 11.0. The first-order valence-electron chi connectivity index (χ1n) is 25.4. The lowest BCUT2D eigenvalue weighted by Gasteiger charge is -2.20. The number of benzene rings is 7. The molecule has 4 aromatic heterocycles. The van der Waals surface area contributed by atoms with Crippen molar-refractivity contribution in [3.05, 3.63) is 192 Å². The van der Waals surface area contributed by atoms with Gasteiger partial charge in [-0.15, -0.1) is 0 Å². The van der Waals surface area contributed by atoms with Crippen molar-refractivity contribution in [3.63, 3.8) is 0 Å². The van der Waals surface area contributed by atoms with Crippen molar-refractivity contribution < 1.29 is 0 Å². The van der Waals surface area contributed by atoms with E-state index in [0.29, 0.717) is 17.5 Å². The molecule has 0 N–H and O–H groups in total. The minimum absolute atomic E-state index is 0.00676. The van der Waals surface area contributed by atoms with Gasteiger partial charge in [0.25, 0.3) is 0 Å². The highest BCUT2D eigenvalue weighted by molar-refractivity contribution is 6.11. The van der Waals surface area contributed by atoms with E-state index < -0.39 is 0 Å². The van der Waals surface area contributed by atoms with Crippen molar-refractivity contribution in [2.75, 3.05) is 0 Å². The molecule has 72 heavy (non-hydrogen) atoms. The van der Waals surface area contributed by atoms with Gasteiger partial charge in [-0.25, -0.2) is 15.0 Å². The van der Waals surface area contributed by atoms with Crippen LogP contribution in [0.5, 0.6) is 0 Å². The van der Waals surface area contributed by atoms with E-state index >= 15 is 0 Å². The summed E-state index contributed by atoms with van der Waals surface area (Å²) in [5.41, 5.74) is 16.3. The maximum atomic E-state index is 5.28. The van der Waals surface area contributed by atoms with Crippen LogP contribution >= 0.6 is 0 Å². The molecule has 4 heterocycles. The molecule has 0 spiro atoms. The van der Waals surface area contributed by atoms with Crippen molar-refractivity contribution in [2.45, 2.75) is 105 Å². The number of fused-ring (bicyclic) bond motifs is 6. The lowest BCUT2D eigenvalue weighted by atomic mass is 9.85. The number of hydrogen-bond acceptors (Lipinski definition) is 4. The van der Waals surface area contributed by atoms with Crippen LogP contribution in [0.25, 0.3) is 100 Å². The van der Waals surface area contributed by atoms with Crippen molar-refractivity contribution in [1.82, 2.24) is 29.1 Å². The van der Waals surface area contributed by atoms with Gasteiger partial charge in [-0.1, -0.05) is 168 Å². The Morgan fingerprint density at radius 3 is 1.10 bits per heavy atom. The van der Waals surface area contributed by atoms with Crippen LogP contribution < -0.4 is 0 Å². The number of rotatable bonds is 6. The number of nitrogens with zero attached hydrogens (tertiary/aromatic N) is 6. The second kappa shape index (κ2) is 17.0. The maximum absolute atomic E-state index is 5.28. The van der Waals surface area contributed by atoms with Crippen molar-refractivity contribution >= 4 is 43.6 Å². The molecule has 0 aliphatic rings. The van der Waals surface area contributed by atoms with Crippen LogP contribution in [0.15, 0.2) is 170 Å². The summed E-state index contributed by atoms with van der Waals surface area (Å²) in [6, 6.07) is 59.5. The summed E-state index contributed by atoms with van der Waals surface area (Å²) in [5, 5.41) is 4.95. The van der Waals surface area contributed by atoms with Gasteiger partial charge < -0.3 is 9.13 Å². The number of hydrogen-bond donors (Lipinski definition) is 0. The van der Waals surface area contributed by atoms with Gasteiger partial charge in [0, 0.05) is 55.7 Å². The first kappa shape index (κ1) is 46.7. The van der Waals surface area contributed by atoms with E-state index in [9.17, 15) is 0 Å². The molecule has 6 nitrogen and oxygen atoms in total. The fourth-order valence-electron chi connectivity index (χ4n) is 10.2. The predicted octanol–water partition coefficient (Wildman–Crippen LogP) is 17.3. The zero-order valence-corrected chi connectivity index (χ0v) is 43.8. The monoisotopic (exact) mass is 941 g/mol. The van der Waals surface area contributed by atoms with Crippen LogP contribution in [0.4, 0.5) is 0 Å². The molecule has 0 atom stereocenters. The average Bonchev–Trinajstić information content (AvgIpc) is 3.87. The van der Waals surface area contributed by atoms with Gasteiger partial charge in [0.05, 0.1) is 33.4 Å². The Bertz CT molecular complexity index is 3680. The highest BCUT2D eigenvalue weighted by atomic mass is 15.0. The highest BCUT2D eigenvalue weighted by Crippen LogP contribution is 2.43. The van der Waals surface area contributed by atoms with Gasteiger partial charge in [0.15, 0.2) is 17.5 Å². The van der Waals surface area contributed by atoms with Crippen LogP contribution in [0, 0.1) is 0 Å². The van der Waals surface area contributed by atoms with E-state index in [-0.39, 0.29) is 21.7 Å².